The topological polar surface area (TPSA) is 80.7 Å². The van der Waals surface area contributed by atoms with Crippen LogP contribution in [0.5, 0.6) is 0 Å². The van der Waals surface area contributed by atoms with Crippen LogP contribution in [0, 0.1) is 13.8 Å². The molecule has 2 rings (SSSR count). The number of rotatable bonds is 3. The van der Waals surface area contributed by atoms with E-state index in [-0.39, 0.29) is 22.6 Å². The van der Waals surface area contributed by atoms with Gasteiger partial charge in [0.15, 0.2) is 5.69 Å². The summed E-state index contributed by atoms with van der Waals surface area (Å²) in [6, 6.07) is 1.82. The Hall–Kier alpha value is -2.08. The summed E-state index contributed by atoms with van der Waals surface area (Å²) in [5.74, 6) is 0.449. The molecule has 0 atom stereocenters. The third-order valence-electron chi connectivity index (χ3n) is 2.70. The summed E-state index contributed by atoms with van der Waals surface area (Å²) in [5, 5.41) is 2.81. The van der Waals surface area contributed by atoms with Crippen molar-refractivity contribution in [2.45, 2.75) is 33.6 Å². The highest BCUT2D eigenvalue weighted by atomic mass is 35.5. The van der Waals surface area contributed by atoms with E-state index in [9.17, 15) is 4.79 Å². The van der Waals surface area contributed by atoms with Crippen molar-refractivity contribution < 1.29 is 4.79 Å². The molecular formula is C14H16ClN5O. The zero-order valence-electron chi connectivity index (χ0n) is 12.3. The van der Waals surface area contributed by atoms with Crippen LogP contribution in [-0.2, 0) is 0 Å². The van der Waals surface area contributed by atoms with Crippen LogP contribution in [0.2, 0.25) is 5.02 Å². The van der Waals surface area contributed by atoms with Crippen LogP contribution in [0.15, 0.2) is 12.3 Å². The Balaban J connectivity index is 2.29. The summed E-state index contributed by atoms with van der Waals surface area (Å²) in [6.07, 6.45) is 1.43. The molecule has 0 radical (unpaired) electrons. The van der Waals surface area contributed by atoms with E-state index in [1.54, 1.807) is 0 Å². The molecule has 0 saturated carbocycles. The van der Waals surface area contributed by atoms with Gasteiger partial charge in [0.25, 0.3) is 5.91 Å². The highest BCUT2D eigenvalue weighted by molar-refractivity contribution is 6.33. The summed E-state index contributed by atoms with van der Waals surface area (Å²) in [5.41, 5.74) is 1.67. The van der Waals surface area contributed by atoms with Gasteiger partial charge in [-0.1, -0.05) is 25.4 Å². The first-order valence-electron chi connectivity index (χ1n) is 6.53. The first kappa shape index (κ1) is 15.3. The summed E-state index contributed by atoms with van der Waals surface area (Å²) < 4.78 is 0. The molecule has 0 aliphatic rings. The SMILES string of the molecule is Cc1cc(C)nc(NC(=O)c2nc(C(C)C)ncc2Cl)n1. The number of nitrogens with zero attached hydrogens (tertiary/aromatic N) is 4. The van der Waals surface area contributed by atoms with E-state index in [4.69, 9.17) is 11.6 Å². The van der Waals surface area contributed by atoms with E-state index in [0.29, 0.717) is 5.82 Å². The fraction of sp³-hybridized carbons (Fsp3) is 0.357. The molecule has 110 valence electrons. The van der Waals surface area contributed by atoms with Gasteiger partial charge in [0.2, 0.25) is 5.95 Å². The predicted molar refractivity (Wildman–Crippen MR) is 80.6 cm³/mol. The molecule has 0 aliphatic heterocycles. The number of carbonyl (C=O) groups is 1. The van der Waals surface area contributed by atoms with Gasteiger partial charge in [0, 0.05) is 17.3 Å². The minimum absolute atomic E-state index is 0.103. The van der Waals surface area contributed by atoms with Gasteiger partial charge in [-0.3, -0.25) is 10.1 Å². The van der Waals surface area contributed by atoms with Crippen LogP contribution in [0.3, 0.4) is 0 Å². The van der Waals surface area contributed by atoms with Crippen LogP contribution >= 0.6 is 11.6 Å². The fourth-order valence-electron chi connectivity index (χ4n) is 1.76. The summed E-state index contributed by atoms with van der Waals surface area (Å²) in [4.78, 5) is 28.9. The number of hydrogen-bond acceptors (Lipinski definition) is 5. The fourth-order valence-corrected chi connectivity index (χ4v) is 1.94. The standard InChI is InChI=1S/C14H16ClN5O/c1-7(2)12-16-6-10(15)11(19-12)13(21)20-14-17-8(3)5-9(4)18-14/h5-7H,1-4H3,(H,17,18,20,21). The van der Waals surface area contributed by atoms with Gasteiger partial charge in [-0.25, -0.2) is 19.9 Å². The zero-order chi connectivity index (χ0) is 15.6. The molecule has 1 N–H and O–H groups in total. The van der Waals surface area contributed by atoms with Gasteiger partial charge in [0.1, 0.15) is 5.82 Å². The second-order valence-corrected chi connectivity index (χ2v) is 5.42. The van der Waals surface area contributed by atoms with Gasteiger partial charge < -0.3 is 0 Å². The molecule has 0 bridgehead atoms. The van der Waals surface area contributed by atoms with Crippen molar-refractivity contribution in [2.75, 3.05) is 5.32 Å². The summed E-state index contributed by atoms with van der Waals surface area (Å²) in [7, 11) is 0. The number of halogens is 1. The van der Waals surface area contributed by atoms with Crippen LogP contribution in [0.1, 0.15) is 47.5 Å². The molecule has 6 nitrogen and oxygen atoms in total. The minimum Gasteiger partial charge on any atom is -0.289 e. The Labute approximate surface area is 128 Å². The van der Waals surface area contributed by atoms with E-state index in [0.717, 1.165) is 11.4 Å². The van der Waals surface area contributed by atoms with Crippen molar-refractivity contribution in [3.05, 3.63) is 40.2 Å². The van der Waals surface area contributed by atoms with Gasteiger partial charge in [-0.15, -0.1) is 0 Å². The predicted octanol–water partition coefficient (Wildman–Crippen LogP) is 2.91. The smallest absolute Gasteiger partial charge is 0.278 e. The maximum Gasteiger partial charge on any atom is 0.278 e. The Morgan fingerprint density at radius 3 is 2.38 bits per heavy atom. The molecular weight excluding hydrogens is 290 g/mol. The maximum atomic E-state index is 12.3. The maximum absolute atomic E-state index is 12.3. The van der Waals surface area contributed by atoms with Crippen molar-refractivity contribution in [1.29, 1.82) is 0 Å². The molecule has 2 aromatic heterocycles. The van der Waals surface area contributed by atoms with Crippen molar-refractivity contribution in [2.24, 2.45) is 0 Å². The highest BCUT2D eigenvalue weighted by Gasteiger charge is 2.16. The normalized spacial score (nSPS) is 10.8. The van der Waals surface area contributed by atoms with Crippen molar-refractivity contribution >= 4 is 23.5 Å². The first-order chi connectivity index (χ1) is 9.86. The number of aryl methyl sites for hydroxylation is 2. The molecule has 21 heavy (non-hydrogen) atoms. The van der Waals surface area contributed by atoms with Crippen molar-refractivity contribution in [3.8, 4) is 0 Å². The van der Waals surface area contributed by atoms with E-state index < -0.39 is 5.91 Å². The lowest BCUT2D eigenvalue weighted by atomic mass is 10.2. The van der Waals surface area contributed by atoms with Crippen LogP contribution in [-0.4, -0.2) is 25.8 Å². The monoisotopic (exact) mass is 305 g/mol. The average Bonchev–Trinajstić information content (AvgIpc) is 2.37. The third-order valence-corrected chi connectivity index (χ3v) is 2.98. The van der Waals surface area contributed by atoms with E-state index in [2.05, 4.69) is 25.3 Å². The van der Waals surface area contributed by atoms with Crippen LogP contribution in [0.4, 0.5) is 5.95 Å². The Bertz CT molecular complexity index is 667. The molecule has 0 aromatic carbocycles. The highest BCUT2D eigenvalue weighted by Crippen LogP contribution is 2.17. The number of carbonyl (C=O) groups excluding carboxylic acids is 1. The molecule has 0 spiro atoms. The Morgan fingerprint density at radius 1 is 1.19 bits per heavy atom. The molecule has 0 unspecified atom stereocenters. The lowest BCUT2D eigenvalue weighted by Gasteiger charge is -2.09. The van der Waals surface area contributed by atoms with E-state index >= 15 is 0 Å². The quantitative estimate of drug-likeness (QED) is 0.943. The molecule has 7 heteroatoms. The Morgan fingerprint density at radius 2 is 1.81 bits per heavy atom. The third kappa shape index (κ3) is 3.72. The van der Waals surface area contributed by atoms with E-state index in [1.807, 2.05) is 33.8 Å². The second-order valence-electron chi connectivity index (χ2n) is 5.01. The molecule has 0 fully saturated rings. The Kier molecular flexibility index (Phi) is 4.47. The van der Waals surface area contributed by atoms with Gasteiger partial charge in [0.05, 0.1) is 11.2 Å². The minimum atomic E-state index is -0.450. The summed E-state index contributed by atoms with van der Waals surface area (Å²) >= 11 is 6.00. The molecule has 0 saturated heterocycles. The average molecular weight is 306 g/mol. The molecule has 0 aliphatic carbocycles. The lowest BCUT2D eigenvalue weighted by molar-refractivity contribution is 0.102. The first-order valence-corrected chi connectivity index (χ1v) is 6.90. The number of aromatic nitrogens is 4. The van der Waals surface area contributed by atoms with Crippen LogP contribution < -0.4 is 5.32 Å². The zero-order valence-corrected chi connectivity index (χ0v) is 13.1. The second kappa shape index (κ2) is 6.13. The molecule has 2 aromatic rings. The van der Waals surface area contributed by atoms with Gasteiger partial charge in [-0.05, 0) is 19.9 Å². The number of hydrogen-bond donors (Lipinski definition) is 1. The summed E-state index contributed by atoms with van der Waals surface area (Å²) in [6.45, 7) is 7.55. The van der Waals surface area contributed by atoms with Crippen molar-refractivity contribution in [3.63, 3.8) is 0 Å². The molecule has 2 heterocycles. The van der Waals surface area contributed by atoms with Crippen molar-refractivity contribution in [1.82, 2.24) is 19.9 Å². The van der Waals surface area contributed by atoms with Gasteiger partial charge in [-0.2, -0.15) is 0 Å². The van der Waals surface area contributed by atoms with Crippen LogP contribution in [0.25, 0.3) is 0 Å². The van der Waals surface area contributed by atoms with E-state index in [1.165, 1.54) is 6.20 Å². The largest absolute Gasteiger partial charge is 0.289 e. The number of anilines is 1. The molecule has 1 amide bonds. The number of amides is 1. The number of nitrogens with one attached hydrogen (secondary N) is 1. The lowest BCUT2D eigenvalue weighted by Crippen LogP contribution is -2.18. The van der Waals surface area contributed by atoms with Gasteiger partial charge >= 0.3 is 0 Å².